The highest BCUT2D eigenvalue weighted by Crippen LogP contribution is 2.34. The summed E-state index contributed by atoms with van der Waals surface area (Å²) in [5, 5.41) is 0. The molecule has 2 rings (SSSR count). The maximum absolute atomic E-state index is 12.4. The minimum absolute atomic E-state index is 0.0181. The van der Waals surface area contributed by atoms with Crippen LogP contribution in [-0.4, -0.2) is 12.4 Å². The third kappa shape index (κ3) is 2.84. The van der Waals surface area contributed by atoms with Gasteiger partial charge in [0.15, 0.2) is 0 Å². The molecule has 0 N–H and O–H groups in total. The molecule has 94 valence electrons. The summed E-state index contributed by atoms with van der Waals surface area (Å²) in [4.78, 5) is 13.1. The van der Waals surface area contributed by atoms with Crippen molar-refractivity contribution in [3.63, 3.8) is 0 Å². The van der Waals surface area contributed by atoms with Crippen LogP contribution in [0.2, 0.25) is 0 Å². The molecule has 1 aromatic heterocycles. The fourth-order valence-corrected chi connectivity index (χ4v) is 3.52. The summed E-state index contributed by atoms with van der Waals surface area (Å²) in [6, 6.07) is 9.12. The molecule has 0 saturated carbocycles. The second kappa shape index (κ2) is 5.99. The number of hydrogen-bond acceptors (Lipinski definition) is 3. The van der Waals surface area contributed by atoms with Gasteiger partial charge in [-0.25, -0.2) is 0 Å². The molecule has 0 aliphatic heterocycles. The molecule has 0 radical (unpaired) electrons. The smallest absolute Gasteiger partial charge is 0.206 e. The SMILES string of the molecule is CCOc1ccccc1C(=O)c1cc(Br)c(Br)s1. The van der Waals surface area contributed by atoms with Gasteiger partial charge < -0.3 is 4.74 Å². The van der Waals surface area contributed by atoms with Gasteiger partial charge in [0.2, 0.25) is 5.78 Å². The number of ketones is 1. The van der Waals surface area contributed by atoms with Crippen LogP contribution in [0.1, 0.15) is 22.2 Å². The largest absolute Gasteiger partial charge is 0.493 e. The third-order valence-corrected chi connectivity index (χ3v) is 5.56. The first-order chi connectivity index (χ1) is 8.63. The number of carbonyl (C=O) groups is 1. The number of hydrogen-bond donors (Lipinski definition) is 0. The van der Waals surface area contributed by atoms with Crippen molar-refractivity contribution >= 4 is 49.0 Å². The van der Waals surface area contributed by atoms with Gasteiger partial charge in [-0.05, 0) is 57.0 Å². The van der Waals surface area contributed by atoms with E-state index in [1.807, 2.05) is 31.2 Å². The molecule has 0 amide bonds. The van der Waals surface area contributed by atoms with E-state index in [9.17, 15) is 4.79 Å². The lowest BCUT2D eigenvalue weighted by Gasteiger charge is -2.07. The van der Waals surface area contributed by atoms with Gasteiger partial charge in [0.05, 0.1) is 20.8 Å². The van der Waals surface area contributed by atoms with Gasteiger partial charge in [0.1, 0.15) is 5.75 Å². The van der Waals surface area contributed by atoms with Crippen LogP contribution in [0.4, 0.5) is 0 Å². The maximum atomic E-state index is 12.4. The first-order valence-electron chi connectivity index (χ1n) is 5.34. The fourth-order valence-electron chi connectivity index (χ4n) is 1.53. The van der Waals surface area contributed by atoms with Crippen molar-refractivity contribution in [2.75, 3.05) is 6.61 Å². The Morgan fingerprint density at radius 1 is 1.33 bits per heavy atom. The average molecular weight is 390 g/mol. The lowest BCUT2D eigenvalue weighted by Crippen LogP contribution is -2.03. The van der Waals surface area contributed by atoms with Crippen molar-refractivity contribution < 1.29 is 9.53 Å². The van der Waals surface area contributed by atoms with Gasteiger partial charge in [0.25, 0.3) is 0 Å². The van der Waals surface area contributed by atoms with Gasteiger partial charge in [-0.1, -0.05) is 12.1 Å². The van der Waals surface area contributed by atoms with E-state index in [-0.39, 0.29) is 5.78 Å². The maximum Gasteiger partial charge on any atom is 0.206 e. The third-order valence-electron chi connectivity index (χ3n) is 2.30. The zero-order valence-electron chi connectivity index (χ0n) is 9.57. The molecule has 0 aliphatic carbocycles. The van der Waals surface area contributed by atoms with Crippen LogP contribution < -0.4 is 4.74 Å². The molecule has 5 heteroatoms. The van der Waals surface area contributed by atoms with Gasteiger partial charge >= 0.3 is 0 Å². The molecule has 0 aliphatic rings. The van der Waals surface area contributed by atoms with Crippen LogP contribution in [0.15, 0.2) is 38.6 Å². The van der Waals surface area contributed by atoms with E-state index in [0.717, 1.165) is 8.26 Å². The lowest BCUT2D eigenvalue weighted by atomic mass is 10.1. The van der Waals surface area contributed by atoms with Crippen molar-refractivity contribution in [2.45, 2.75) is 6.92 Å². The predicted molar refractivity (Wildman–Crippen MR) is 80.8 cm³/mol. The van der Waals surface area contributed by atoms with Crippen molar-refractivity contribution in [1.29, 1.82) is 0 Å². The molecule has 0 saturated heterocycles. The second-order valence-electron chi connectivity index (χ2n) is 3.49. The lowest BCUT2D eigenvalue weighted by molar-refractivity contribution is 0.103. The number of para-hydroxylation sites is 1. The first kappa shape index (κ1) is 13.8. The van der Waals surface area contributed by atoms with Crippen molar-refractivity contribution in [3.8, 4) is 5.75 Å². The Hall–Kier alpha value is -0.650. The van der Waals surface area contributed by atoms with Crippen LogP contribution in [0.25, 0.3) is 0 Å². The molecule has 0 atom stereocenters. The number of benzene rings is 1. The summed E-state index contributed by atoms with van der Waals surface area (Å²) in [5.41, 5.74) is 0.598. The van der Waals surface area contributed by atoms with Gasteiger partial charge in [-0.2, -0.15) is 0 Å². The first-order valence-corrected chi connectivity index (χ1v) is 7.75. The molecular weight excluding hydrogens is 380 g/mol. The summed E-state index contributed by atoms with van der Waals surface area (Å²) in [7, 11) is 0. The van der Waals surface area contributed by atoms with Crippen molar-refractivity contribution in [2.24, 2.45) is 0 Å². The van der Waals surface area contributed by atoms with Gasteiger partial charge in [-0.3, -0.25) is 4.79 Å². The summed E-state index contributed by atoms with van der Waals surface area (Å²) >= 11 is 8.19. The van der Waals surface area contributed by atoms with Gasteiger partial charge in [-0.15, -0.1) is 11.3 Å². The molecule has 1 aromatic carbocycles. The van der Waals surface area contributed by atoms with E-state index < -0.39 is 0 Å². The molecule has 0 bridgehead atoms. The molecule has 0 unspecified atom stereocenters. The molecule has 2 nitrogen and oxygen atoms in total. The van der Waals surface area contributed by atoms with Crippen LogP contribution in [0.5, 0.6) is 5.75 Å². The van der Waals surface area contributed by atoms with Crippen LogP contribution in [-0.2, 0) is 0 Å². The normalized spacial score (nSPS) is 10.4. The quantitative estimate of drug-likeness (QED) is 0.695. The number of rotatable bonds is 4. The Balaban J connectivity index is 2.39. The standard InChI is InChI=1S/C13H10Br2O2S/c1-2-17-10-6-4-3-5-8(10)12(16)11-7-9(14)13(15)18-11/h3-7H,2H2,1H3. The molecule has 18 heavy (non-hydrogen) atoms. The minimum atomic E-state index is -0.0181. The molecule has 0 fully saturated rings. The number of carbonyl (C=O) groups excluding carboxylic acids is 1. The van der Waals surface area contributed by atoms with Crippen molar-refractivity contribution in [1.82, 2.24) is 0 Å². The van der Waals surface area contributed by atoms with Gasteiger partial charge in [0, 0.05) is 4.47 Å². The fraction of sp³-hybridized carbons (Fsp3) is 0.154. The highest BCUT2D eigenvalue weighted by Gasteiger charge is 2.17. The van der Waals surface area contributed by atoms with E-state index in [1.54, 1.807) is 6.07 Å². The van der Waals surface area contributed by atoms with E-state index in [4.69, 9.17) is 4.74 Å². The Morgan fingerprint density at radius 2 is 2.06 bits per heavy atom. The van der Waals surface area contributed by atoms with Crippen LogP contribution in [0, 0.1) is 0 Å². The van der Waals surface area contributed by atoms with E-state index in [1.165, 1.54) is 11.3 Å². The number of thiophene rings is 1. The Labute approximate surface area is 126 Å². The van der Waals surface area contributed by atoms with Crippen LogP contribution >= 0.6 is 43.2 Å². The highest BCUT2D eigenvalue weighted by atomic mass is 79.9. The summed E-state index contributed by atoms with van der Waals surface area (Å²) < 4.78 is 7.29. The second-order valence-corrected chi connectivity index (χ2v) is 6.72. The molecule has 2 aromatic rings. The van der Waals surface area contributed by atoms with E-state index in [0.29, 0.717) is 22.8 Å². The topological polar surface area (TPSA) is 26.3 Å². The molecular formula is C13H10Br2O2S. The summed E-state index contributed by atoms with van der Waals surface area (Å²) in [6.45, 7) is 2.45. The van der Waals surface area contributed by atoms with E-state index >= 15 is 0 Å². The number of ether oxygens (including phenoxy) is 1. The zero-order valence-corrected chi connectivity index (χ0v) is 13.6. The molecule has 1 heterocycles. The van der Waals surface area contributed by atoms with E-state index in [2.05, 4.69) is 31.9 Å². The van der Waals surface area contributed by atoms with Crippen molar-refractivity contribution in [3.05, 3.63) is 49.0 Å². The Kier molecular flexibility index (Phi) is 4.59. The van der Waals surface area contributed by atoms with Crippen LogP contribution in [0.3, 0.4) is 0 Å². The summed E-state index contributed by atoms with van der Waals surface area (Å²) in [6.07, 6.45) is 0. The zero-order chi connectivity index (χ0) is 13.1. The monoisotopic (exact) mass is 388 g/mol. The summed E-state index contributed by atoms with van der Waals surface area (Å²) in [5.74, 6) is 0.612. The average Bonchev–Trinajstić information content (AvgIpc) is 2.70. The highest BCUT2D eigenvalue weighted by molar-refractivity contribution is 9.13. The predicted octanol–water partition coefficient (Wildman–Crippen LogP) is 4.90. The Morgan fingerprint density at radius 3 is 2.67 bits per heavy atom. The minimum Gasteiger partial charge on any atom is -0.493 e. The Bertz CT molecular complexity index is 559. The molecule has 0 spiro atoms. The number of halogens is 2.